The number of amides is 1. The first-order chi connectivity index (χ1) is 14.0. The van der Waals surface area contributed by atoms with E-state index < -0.39 is 18.1 Å². The first kappa shape index (κ1) is 19.0. The molecular formula is C21H23N5O3. The fourth-order valence-electron chi connectivity index (χ4n) is 3.52. The number of nitrogens with one attached hydrogen (secondary N) is 2. The first-order valence-electron chi connectivity index (χ1n) is 9.46. The van der Waals surface area contributed by atoms with E-state index >= 15 is 0 Å². The number of H-pyrrole nitrogens is 1. The van der Waals surface area contributed by atoms with E-state index in [1.54, 1.807) is 4.52 Å². The lowest BCUT2D eigenvalue weighted by Gasteiger charge is -2.23. The van der Waals surface area contributed by atoms with Gasteiger partial charge >= 0.3 is 0 Å². The first-order valence-corrected chi connectivity index (χ1v) is 9.46. The van der Waals surface area contributed by atoms with Crippen LogP contribution in [0.4, 0.5) is 5.69 Å². The Morgan fingerprint density at radius 1 is 1.31 bits per heavy atom. The summed E-state index contributed by atoms with van der Waals surface area (Å²) in [5.74, 6) is -0.637. The number of hydrogen-bond donors (Lipinski definition) is 5. The lowest BCUT2D eigenvalue weighted by atomic mass is 10.1. The van der Waals surface area contributed by atoms with E-state index in [0.717, 1.165) is 22.0 Å². The number of aliphatic hydroxyl groups is 2. The van der Waals surface area contributed by atoms with Crippen LogP contribution in [0.3, 0.4) is 0 Å². The number of aliphatic hydroxyl groups excluding tert-OH is 2. The van der Waals surface area contributed by atoms with Gasteiger partial charge in [0.1, 0.15) is 0 Å². The van der Waals surface area contributed by atoms with Crippen molar-refractivity contribution in [3.8, 4) is 11.1 Å². The molecule has 0 aliphatic heterocycles. The van der Waals surface area contributed by atoms with Crippen molar-refractivity contribution in [2.24, 2.45) is 5.73 Å². The molecule has 0 radical (unpaired) electrons. The molecule has 0 aliphatic carbocycles. The Hall–Kier alpha value is -3.36. The van der Waals surface area contributed by atoms with Gasteiger partial charge in [-0.1, -0.05) is 13.0 Å². The molecule has 1 aromatic carbocycles. The van der Waals surface area contributed by atoms with Gasteiger partial charge in [0.05, 0.1) is 41.7 Å². The number of primary amides is 1. The highest BCUT2D eigenvalue weighted by Gasteiger charge is 2.22. The van der Waals surface area contributed by atoms with Crippen LogP contribution in [-0.2, 0) is 0 Å². The highest BCUT2D eigenvalue weighted by atomic mass is 16.3. The van der Waals surface area contributed by atoms with Crippen LogP contribution < -0.4 is 11.1 Å². The third kappa shape index (κ3) is 3.43. The minimum atomic E-state index is -0.778. The van der Waals surface area contributed by atoms with Gasteiger partial charge in [-0.15, -0.1) is 0 Å². The molecular weight excluding hydrogens is 370 g/mol. The fraction of sp³-hybridized carbons (Fsp3) is 0.238. The summed E-state index contributed by atoms with van der Waals surface area (Å²) in [6.07, 6.45) is 4.82. The van der Waals surface area contributed by atoms with Crippen molar-refractivity contribution in [3.05, 3.63) is 54.5 Å². The molecule has 0 aliphatic rings. The molecule has 0 bridgehead atoms. The molecule has 6 N–H and O–H groups in total. The Balaban J connectivity index is 1.83. The number of carbonyl (C=O) groups excluding carboxylic acids is 1. The number of hydrogen-bond acceptors (Lipinski definition) is 5. The van der Waals surface area contributed by atoms with E-state index in [9.17, 15) is 15.0 Å². The number of anilines is 1. The Bertz CT molecular complexity index is 1180. The van der Waals surface area contributed by atoms with Crippen molar-refractivity contribution in [1.29, 1.82) is 0 Å². The SMILES string of the molecule is CCC(O)C(CO)Nc1c(C(N)=O)cnn2cc(-c3ccc4[nH]ccc4c3)cc12. The van der Waals surface area contributed by atoms with Crippen LogP contribution in [0.25, 0.3) is 27.5 Å². The smallest absolute Gasteiger partial charge is 0.252 e. The van der Waals surface area contributed by atoms with Gasteiger partial charge in [0.25, 0.3) is 5.91 Å². The third-order valence-electron chi connectivity index (χ3n) is 5.20. The third-order valence-corrected chi connectivity index (χ3v) is 5.20. The summed E-state index contributed by atoms with van der Waals surface area (Å²) in [6.45, 7) is 1.53. The summed E-state index contributed by atoms with van der Waals surface area (Å²) < 4.78 is 1.65. The van der Waals surface area contributed by atoms with Crippen molar-refractivity contribution in [1.82, 2.24) is 14.6 Å². The molecule has 2 unspecified atom stereocenters. The highest BCUT2D eigenvalue weighted by molar-refractivity contribution is 6.02. The molecule has 4 aromatic rings. The van der Waals surface area contributed by atoms with Crippen molar-refractivity contribution in [2.75, 3.05) is 11.9 Å². The molecule has 29 heavy (non-hydrogen) atoms. The lowest BCUT2D eigenvalue weighted by molar-refractivity contribution is 0.0997. The number of nitrogens with zero attached hydrogens (tertiary/aromatic N) is 2. The van der Waals surface area contributed by atoms with Gasteiger partial charge in [-0.3, -0.25) is 4.79 Å². The normalized spacial score (nSPS) is 13.6. The Kier molecular flexibility index (Phi) is 4.96. The number of carbonyl (C=O) groups is 1. The van der Waals surface area contributed by atoms with E-state index in [1.165, 1.54) is 6.20 Å². The monoisotopic (exact) mass is 393 g/mol. The van der Waals surface area contributed by atoms with Gasteiger partial charge in [-0.05, 0) is 41.6 Å². The predicted octanol–water partition coefficient (Wildman–Crippen LogP) is 2.13. The zero-order chi connectivity index (χ0) is 20.5. The molecule has 0 fully saturated rings. The Morgan fingerprint density at radius 2 is 2.14 bits per heavy atom. The van der Waals surface area contributed by atoms with E-state index in [2.05, 4.69) is 21.5 Å². The Labute approximate surface area is 167 Å². The number of benzene rings is 1. The van der Waals surface area contributed by atoms with Crippen LogP contribution in [0.15, 0.2) is 48.9 Å². The van der Waals surface area contributed by atoms with Crippen LogP contribution in [0.5, 0.6) is 0 Å². The van der Waals surface area contributed by atoms with Gasteiger partial charge in [0.2, 0.25) is 0 Å². The lowest BCUT2D eigenvalue weighted by Crippen LogP contribution is -2.37. The second kappa shape index (κ2) is 7.57. The van der Waals surface area contributed by atoms with Crippen LogP contribution >= 0.6 is 0 Å². The zero-order valence-electron chi connectivity index (χ0n) is 16.0. The minimum absolute atomic E-state index is 0.199. The number of nitrogens with two attached hydrogens (primary N) is 1. The average molecular weight is 393 g/mol. The van der Waals surface area contributed by atoms with Crippen molar-refractivity contribution < 1.29 is 15.0 Å². The van der Waals surface area contributed by atoms with Gasteiger partial charge in [0.15, 0.2) is 0 Å². The summed E-state index contributed by atoms with van der Waals surface area (Å²) in [6, 6.07) is 9.35. The molecule has 2 atom stereocenters. The maximum Gasteiger partial charge on any atom is 0.252 e. The average Bonchev–Trinajstić information content (AvgIpc) is 3.37. The zero-order valence-corrected chi connectivity index (χ0v) is 16.0. The van der Waals surface area contributed by atoms with Gasteiger partial charge in [0, 0.05) is 23.5 Å². The standard InChI is InChI=1S/C21H23N5O3/c1-2-19(28)17(11-27)25-20-15(21(22)29)9-24-26-10-14(8-18(20)26)12-3-4-16-13(7-12)5-6-23-16/h3-10,17,19,23,25,27-28H,2,11H2,1H3,(H2,22,29). The molecule has 8 nitrogen and oxygen atoms in total. The highest BCUT2D eigenvalue weighted by Crippen LogP contribution is 2.30. The number of rotatable bonds is 7. The van der Waals surface area contributed by atoms with Crippen LogP contribution in [-0.4, -0.2) is 49.5 Å². The maximum atomic E-state index is 12.0. The molecule has 0 saturated carbocycles. The van der Waals surface area contributed by atoms with Gasteiger partial charge in [-0.25, -0.2) is 4.52 Å². The molecule has 1 amide bonds. The second-order valence-electron chi connectivity index (χ2n) is 7.04. The van der Waals surface area contributed by atoms with E-state index in [-0.39, 0.29) is 12.2 Å². The van der Waals surface area contributed by atoms with E-state index in [4.69, 9.17) is 5.73 Å². The van der Waals surface area contributed by atoms with Crippen LogP contribution in [0.2, 0.25) is 0 Å². The van der Waals surface area contributed by atoms with Crippen molar-refractivity contribution in [2.45, 2.75) is 25.5 Å². The minimum Gasteiger partial charge on any atom is -0.394 e. The van der Waals surface area contributed by atoms with Crippen molar-refractivity contribution in [3.63, 3.8) is 0 Å². The van der Waals surface area contributed by atoms with Gasteiger partial charge in [-0.2, -0.15) is 5.10 Å². The quantitative estimate of drug-likeness (QED) is 0.328. The molecule has 3 aromatic heterocycles. The number of aromatic nitrogens is 3. The summed E-state index contributed by atoms with van der Waals surface area (Å²) in [4.78, 5) is 15.1. The summed E-state index contributed by atoms with van der Waals surface area (Å²) in [7, 11) is 0. The fourth-order valence-corrected chi connectivity index (χ4v) is 3.52. The molecule has 150 valence electrons. The van der Waals surface area contributed by atoms with Crippen LogP contribution in [0, 0.1) is 0 Å². The summed E-state index contributed by atoms with van der Waals surface area (Å²) in [5, 5.41) is 28.4. The largest absolute Gasteiger partial charge is 0.394 e. The molecule has 3 heterocycles. The molecule has 8 heteroatoms. The Morgan fingerprint density at radius 3 is 2.86 bits per heavy atom. The molecule has 4 rings (SSSR count). The molecule has 0 spiro atoms. The van der Waals surface area contributed by atoms with Crippen molar-refractivity contribution >= 4 is 28.0 Å². The van der Waals surface area contributed by atoms with E-state index in [1.807, 2.05) is 43.6 Å². The number of aromatic amines is 1. The number of fused-ring (bicyclic) bond motifs is 2. The maximum absolute atomic E-state index is 12.0. The second-order valence-corrected chi connectivity index (χ2v) is 7.04. The van der Waals surface area contributed by atoms with Gasteiger partial charge < -0.3 is 26.2 Å². The summed E-state index contributed by atoms with van der Waals surface area (Å²) >= 11 is 0. The molecule has 0 saturated heterocycles. The van der Waals surface area contributed by atoms with E-state index in [0.29, 0.717) is 17.6 Å². The predicted molar refractivity (Wildman–Crippen MR) is 112 cm³/mol. The van der Waals surface area contributed by atoms with Crippen LogP contribution in [0.1, 0.15) is 23.7 Å². The topological polar surface area (TPSA) is 129 Å². The summed E-state index contributed by atoms with van der Waals surface area (Å²) in [5.41, 5.74) is 9.78.